The maximum absolute atomic E-state index is 12.9. The first-order chi connectivity index (χ1) is 13.7. The number of carbonyl (C=O) groups excluding carboxylic acids is 1. The van der Waals surface area contributed by atoms with Crippen molar-refractivity contribution in [1.29, 1.82) is 0 Å². The lowest BCUT2D eigenvalue weighted by atomic mass is 9.91. The molecule has 1 saturated heterocycles. The van der Waals surface area contributed by atoms with Gasteiger partial charge in [-0.1, -0.05) is 49.1 Å². The van der Waals surface area contributed by atoms with Crippen LogP contribution in [-0.2, 0) is 0 Å². The van der Waals surface area contributed by atoms with Gasteiger partial charge < -0.3 is 4.90 Å². The number of benzene rings is 1. The summed E-state index contributed by atoms with van der Waals surface area (Å²) in [4.78, 5) is 24.0. The summed E-state index contributed by atoms with van der Waals surface area (Å²) in [6.45, 7) is 5.62. The van der Waals surface area contributed by atoms with E-state index in [9.17, 15) is 4.79 Å². The summed E-state index contributed by atoms with van der Waals surface area (Å²) in [5.41, 5.74) is 3.17. The molecule has 4 rings (SSSR count). The summed E-state index contributed by atoms with van der Waals surface area (Å²) >= 11 is 0. The Morgan fingerprint density at radius 2 is 1.96 bits per heavy atom. The van der Waals surface area contributed by atoms with Crippen LogP contribution in [0.4, 0.5) is 5.82 Å². The highest BCUT2D eigenvalue weighted by Crippen LogP contribution is 2.29. The molecule has 28 heavy (non-hydrogen) atoms. The Labute approximate surface area is 165 Å². The highest BCUT2D eigenvalue weighted by Gasteiger charge is 2.23. The Bertz CT molecular complexity index is 984. The molecule has 1 unspecified atom stereocenters. The minimum absolute atomic E-state index is 0.116. The summed E-state index contributed by atoms with van der Waals surface area (Å²) in [6, 6.07) is 18.1. The fraction of sp³-hybridized carbons (Fsp3) is 0.208. The maximum Gasteiger partial charge on any atom is 0.212 e. The summed E-state index contributed by atoms with van der Waals surface area (Å²) in [5, 5.41) is 0. The van der Waals surface area contributed by atoms with Crippen molar-refractivity contribution < 1.29 is 4.79 Å². The Morgan fingerprint density at radius 1 is 1.11 bits per heavy atom. The van der Waals surface area contributed by atoms with Crippen LogP contribution in [0.3, 0.4) is 0 Å². The molecule has 0 radical (unpaired) electrons. The van der Waals surface area contributed by atoms with Gasteiger partial charge in [0, 0.05) is 37.0 Å². The van der Waals surface area contributed by atoms with Crippen molar-refractivity contribution in [2.75, 3.05) is 18.0 Å². The largest absolute Gasteiger partial charge is 0.356 e. The lowest BCUT2D eigenvalue weighted by molar-refractivity contribution is 0.103. The van der Waals surface area contributed by atoms with E-state index < -0.39 is 0 Å². The third-order valence-corrected chi connectivity index (χ3v) is 5.24. The van der Waals surface area contributed by atoms with Gasteiger partial charge in [0.25, 0.3) is 0 Å². The molecule has 0 saturated carbocycles. The van der Waals surface area contributed by atoms with Crippen molar-refractivity contribution in [2.45, 2.75) is 18.8 Å². The number of piperidine rings is 1. The lowest BCUT2D eigenvalue weighted by Gasteiger charge is -2.34. The van der Waals surface area contributed by atoms with E-state index in [4.69, 9.17) is 0 Å². The molecule has 4 nitrogen and oxygen atoms in total. The third-order valence-electron chi connectivity index (χ3n) is 5.24. The van der Waals surface area contributed by atoms with E-state index in [2.05, 4.69) is 51.8 Å². The van der Waals surface area contributed by atoms with Crippen LogP contribution < -0.4 is 4.90 Å². The van der Waals surface area contributed by atoms with Crippen LogP contribution in [0.25, 0.3) is 6.08 Å². The summed E-state index contributed by atoms with van der Waals surface area (Å²) < 4.78 is 0. The Morgan fingerprint density at radius 3 is 2.79 bits per heavy atom. The van der Waals surface area contributed by atoms with Gasteiger partial charge in [0.2, 0.25) is 5.78 Å². The molecule has 0 spiro atoms. The molecule has 1 aliphatic heterocycles. The number of carbonyl (C=O) groups is 1. The van der Waals surface area contributed by atoms with Gasteiger partial charge in [0.05, 0.1) is 0 Å². The van der Waals surface area contributed by atoms with Crippen molar-refractivity contribution in [3.8, 4) is 0 Å². The predicted molar refractivity (Wildman–Crippen MR) is 113 cm³/mol. The highest BCUT2D eigenvalue weighted by molar-refractivity contribution is 6.07. The zero-order valence-corrected chi connectivity index (χ0v) is 15.8. The van der Waals surface area contributed by atoms with E-state index in [1.807, 2.05) is 12.1 Å². The summed E-state index contributed by atoms with van der Waals surface area (Å²) in [6.07, 6.45) is 7.25. The second kappa shape index (κ2) is 8.17. The number of ketones is 1. The van der Waals surface area contributed by atoms with Gasteiger partial charge in [0.15, 0.2) is 0 Å². The van der Waals surface area contributed by atoms with Crippen LogP contribution in [0, 0.1) is 0 Å². The van der Waals surface area contributed by atoms with Gasteiger partial charge in [0.1, 0.15) is 11.5 Å². The van der Waals surface area contributed by atoms with Crippen LogP contribution in [0.5, 0.6) is 0 Å². The van der Waals surface area contributed by atoms with E-state index in [0.29, 0.717) is 17.2 Å². The Hall–Kier alpha value is -3.27. The van der Waals surface area contributed by atoms with Gasteiger partial charge in [-0.3, -0.25) is 9.78 Å². The molecule has 1 atom stereocenters. The fourth-order valence-corrected chi connectivity index (χ4v) is 3.75. The van der Waals surface area contributed by atoms with Crippen LogP contribution in [0.15, 0.2) is 73.6 Å². The molecular weight excluding hydrogens is 346 g/mol. The zero-order valence-electron chi connectivity index (χ0n) is 15.8. The SMILES string of the molecule is C=Cc1cncc(C(=O)c2cccc(N3CCCC(c4ccccc4)C3)n2)c1. The number of nitrogens with zero attached hydrogens (tertiary/aromatic N) is 3. The van der Waals surface area contributed by atoms with Gasteiger partial charge >= 0.3 is 0 Å². The highest BCUT2D eigenvalue weighted by atomic mass is 16.1. The number of aromatic nitrogens is 2. The second-order valence-corrected chi connectivity index (χ2v) is 7.12. The Balaban J connectivity index is 1.56. The molecule has 3 heterocycles. The van der Waals surface area contributed by atoms with Gasteiger partial charge in [-0.15, -0.1) is 0 Å². The van der Waals surface area contributed by atoms with E-state index in [1.165, 1.54) is 12.0 Å². The van der Waals surface area contributed by atoms with Crippen molar-refractivity contribution in [3.05, 3.63) is 96.0 Å². The van der Waals surface area contributed by atoms with Crippen LogP contribution in [0.1, 0.15) is 45.9 Å². The molecule has 140 valence electrons. The Kier molecular flexibility index (Phi) is 5.29. The van der Waals surface area contributed by atoms with Crippen molar-refractivity contribution in [3.63, 3.8) is 0 Å². The van der Waals surface area contributed by atoms with Crippen LogP contribution in [0.2, 0.25) is 0 Å². The maximum atomic E-state index is 12.9. The number of hydrogen-bond acceptors (Lipinski definition) is 4. The molecule has 2 aromatic heterocycles. The van der Waals surface area contributed by atoms with Gasteiger partial charge in [-0.25, -0.2) is 4.98 Å². The van der Waals surface area contributed by atoms with Gasteiger partial charge in [-0.2, -0.15) is 0 Å². The van der Waals surface area contributed by atoms with E-state index >= 15 is 0 Å². The lowest BCUT2D eigenvalue weighted by Crippen LogP contribution is -2.35. The molecule has 4 heteroatoms. The molecule has 1 aliphatic rings. The average Bonchev–Trinajstić information content (AvgIpc) is 2.79. The first-order valence-corrected chi connectivity index (χ1v) is 9.64. The summed E-state index contributed by atoms with van der Waals surface area (Å²) in [5.74, 6) is 1.23. The molecule has 1 fully saturated rings. The van der Waals surface area contributed by atoms with Gasteiger partial charge in [-0.05, 0) is 42.2 Å². The molecule has 0 aliphatic carbocycles. The quantitative estimate of drug-likeness (QED) is 0.610. The fourth-order valence-electron chi connectivity index (χ4n) is 3.75. The van der Waals surface area contributed by atoms with Crippen molar-refractivity contribution >= 4 is 17.7 Å². The number of anilines is 1. The normalized spacial score (nSPS) is 16.6. The van der Waals surface area contributed by atoms with Crippen LogP contribution in [-0.4, -0.2) is 28.8 Å². The molecular formula is C24H23N3O. The van der Waals surface area contributed by atoms with Crippen LogP contribution >= 0.6 is 0 Å². The van der Waals surface area contributed by atoms with Crippen molar-refractivity contribution in [2.24, 2.45) is 0 Å². The minimum Gasteiger partial charge on any atom is -0.356 e. The smallest absolute Gasteiger partial charge is 0.212 e. The summed E-state index contributed by atoms with van der Waals surface area (Å²) in [7, 11) is 0. The molecule has 1 aromatic carbocycles. The zero-order chi connectivity index (χ0) is 19.3. The first kappa shape index (κ1) is 18.1. The monoisotopic (exact) mass is 369 g/mol. The number of pyridine rings is 2. The third kappa shape index (κ3) is 3.86. The molecule has 0 amide bonds. The number of hydrogen-bond donors (Lipinski definition) is 0. The van der Waals surface area contributed by atoms with E-state index in [-0.39, 0.29) is 5.78 Å². The predicted octanol–water partition coefficient (Wildman–Crippen LogP) is 4.73. The topological polar surface area (TPSA) is 46.1 Å². The average molecular weight is 369 g/mol. The van der Waals surface area contributed by atoms with E-state index in [1.54, 1.807) is 30.6 Å². The molecule has 0 bridgehead atoms. The minimum atomic E-state index is -0.116. The van der Waals surface area contributed by atoms with E-state index in [0.717, 1.165) is 30.9 Å². The standard InChI is InChI=1S/C24H23N3O/c1-2-18-14-21(16-25-15-18)24(28)22-11-6-12-23(26-22)27-13-7-10-20(17-27)19-8-4-3-5-9-19/h2-6,8-9,11-12,14-16,20H,1,7,10,13,17H2. The van der Waals surface area contributed by atoms with Crippen molar-refractivity contribution in [1.82, 2.24) is 9.97 Å². The number of rotatable bonds is 5. The molecule has 3 aromatic rings. The first-order valence-electron chi connectivity index (χ1n) is 9.64. The molecule has 0 N–H and O–H groups in total. The second-order valence-electron chi connectivity index (χ2n) is 7.12.